The minimum absolute atomic E-state index is 0.132. The maximum absolute atomic E-state index is 12.9. The third kappa shape index (κ3) is 4.56. The summed E-state index contributed by atoms with van der Waals surface area (Å²) >= 11 is 0. The number of H-pyrrole nitrogens is 1. The van der Waals surface area contributed by atoms with E-state index in [1.54, 1.807) is 17.3 Å². The molecule has 3 heterocycles. The molecule has 0 spiro atoms. The molecule has 150 valence electrons. The fourth-order valence-electron chi connectivity index (χ4n) is 3.52. The van der Waals surface area contributed by atoms with Crippen LogP contribution in [0.4, 0.5) is 5.95 Å². The van der Waals surface area contributed by atoms with Crippen molar-refractivity contribution in [2.24, 2.45) is 0 Å². The first kappa shape index (κ1) is 20.0. The van der Waals surface area contributed by atoms with Crippen LogP contribution in [-0.4, -0.2) is 70.9 Å². The summed E-state index contributed by atoms with van der Waals surface area (Å²) in [6, 6.07) is 5.58. The van der Waals surface area contributed by atoms with E-state index in [9.17, 15) is 9.59 Å². The molecule has 0 aliphatic carbocycles. The Morgan fingerprint density at radius 1 is 1.39 bits per heavy atom. The fourth-order valence-corrected chi connectivity index (χ4v) is 3.52. The van der Waals surface area contributed by atoms with Gasteiger partial charge in [0, 0.05) is 58.2 Å². The molecule has 8 nitrogen and oxygen atoms in total. The van der Waals surface area contributed by atoms with Crippen molar-refractivity contribution in [1.82, 2.24) is 24.8 Å². The number of aromatic amines is 1. The van der Waals surface area contributed by atoms with E-state index in [0.29, 0.717) is 19.0 Å². The zero-order chi connectivity index (χ0) is 20.3. The molecule has 0 aromatic carbocycles. The third-order valence-corrected chi connectivity index (χ3v) is 5.27. The molecule has 0 bridgehead atoms. The lowest BCUT2D eigenvalue weighted by Crippen LogP contribution is -2.38. The van der Waals surface area contributed by atoms with Gasteiger partial charge in [0.2, 0.25) is 11.9 Å². The highest BCUT2D eigenvalue weighted by atomic mass is 16.2. The quantitative estimate of drug-likeness (QED) is 0.802. The summed E-state index contributed by atoms with van der Waals surface area (Å²) in [5, 5.41) is 0. The highest BCUT2D eigenvalue weighted by molar-refractivity contribution is 5.83. The van der Waals surface area contributed by atoms with E-state index >= 15 is 0 Å². The molecule has 2 aromatic heterocycles. The highest BCUT2D eigenvalue weighted by Gasteiger charge is 2.31. The number of likely N-dealkylation sites (tertiary alicyclic amines) is 1. The van der Waals surface area contributed by atoms with Crippen LogP contribution in [0.25, 0.3) is 0 Å². The average Bonchev–Trinajstić information content (AvgIpc) is 3.17. The molecule has 1 aliphatic heterocycles. The van der Waals surface area contributed by atoms with Crippen LogP contribution in [0.15, 0.2) is 35.4 Å². The second-order valence-corrected chi connectivity index (χ2v) is 7.60. The molecule has 0 unspecified atom stereocenters. The summed E-state index contributed by atoms with van der Waals surface area (Å²) in [5.41, 5.74) is 1.51. The Balaban J connectivity index is 1.62. The monoisotopic (exact) mass is 384 g/mol. The SMILES string of the molecule is C[C@H](C(=O)N1CC[C@@H](N(C)Cc2cc(=O)[nH]c(N(C)C)n2)C1)c1cccnc1. The van der Waals surface area contributed by atoms with E-state index in [1.165, 1.54) is 6.07 Å². The Bertz CT molecular complexity index is 866. The van der Waals surface area contributed by atoms with Gasteiger partial charge in [-0.2, -0.15) is 0 Å². The van der Waals surface area contributed by atoms with Crippen LogP contribution >= 0.6 is 0 Å². The molecule has 1 amide bonds. The number of carbonyl (C=O) groups is 1. The topological polar surface area (TPSA) is 85.4 Å². The van der Waals surface area contributed by atoms with E-state index in [4.69, 9.17) is 0 Å². The van der Waals surface area contributed by atoms with Gasteiger partial charge in [0.15, 0.2) is 0 Å². The molecular formula is C20H28N6O2. The number of anilines is 1. The maximum atomic E-state index is 12.9. The minimum atomic E-state index is -0.199. The Morgan fingerprint density at radius 2 is 2.18 bits per heavy atom. The molecule has 1 aliphatic rings. The molecular weight excluding hydrogens is 356 g/mol. The summed E-state index contributed by atoms with van der Waals surface area (Å²) < 4.78 is 0. The molecule has 0 radical (unpaired) electrons. The van der Waals surface area contributed by atoms with Crippen molar-refractivity contribution < 1.29 is 4.79 Å². The van der Waals surface area contributed by atoms with E-state index in [0.717, 1.165) is 24.2 Å². The van der Waals surface area contributed by atoms with Crippen molar-refractivity contribution >= 4 is 11.9 Å². The van der Waals surface area contributed by atoms with Crippen LogP contribution < -0.4 is 10.5 Å². The van der Waals surface area contributed by atoms with Gasteiger partial charge < -0.3 is 9.80 Å². The number of hydrogen-bond acceptors (Lipinski definition) is 6. The Kier molecular flexibility index (Phi) is 6.08. The second-order valence-electron chi connectivity index (χ2n) is 7.60. The molecule has 8 heteroatoms. The van der Waals surface area contributed by atoms with E-state index in [1.807, 2.05) is 45.1 Å². The number of carbonyl (C=O) groups excluding carboxylic acids is 1. The zero-order valence-corrected chi connectivity index (χ0v) is 16.9. The van der Waals surface area contributed by atoms with Crippen molar-refractivity contribution in [2.75, 3.05) is 39.1 Å². The molecule has 1 fully saturated rings. The van der Waals surface area contributed by atoms with Gasteiger partial charge in [-0.05, 0) is 32.0 Å². The van der Waals surface area contributed by atoms with Crippen LogP contribution in [0.2, 0.25) is 0 Å². The van der Waals surface area contributed by atoms with Crippen molar-refractivity contribution in [2.45, 2.75) is 31.8 Å². The van der Waals surface area contributed by atoms with Crippen LogP contribution in [0.5, 0.6) is 0 Å². The largest absolute Gasteiger partial charge is 0.348 e. The number of amides is 1. The zero-order valence-electron chi connectivity index (χ0n) is 16.9. The van der Waals surface area contributed by atoms with E-state index in [2.05, 4.69) is 19.9 Å². The lowest BCUT2D eigenvalue weighted by Gasteiger charge is -2.25. The Labute approximate surface area is 165 Å². The molecule has 2 atom stereocenters. The number of nitrogens with one attached hydrogen (secondary N) is 1. The first-order valence-electron chi connectivity index (χ1n) is 9.51. The summed E-state index contributed by atoms with van der Waals surface area (Å²) in [6.45, 7) is 3.92. The smallest absolute Gasteiger partial charge is 0.252 e. The number of rotatable bonds is 6. The van der Waals surface area contributed by atoms with E-state index < -0.39 is 0 Å². The van der Waals surface area contributed by atoms with Gasteiger partial charge in [0.25, 0.3) is 5.56 Å². The standard InChI is InChI=1S/C20H28N6O2/c1-14(15-6-5-8-21-11-15)19(28)26-9-7-17(13-26)25(4)12-16-10-18(27)23-20(22-16)24(2)3/h5-6,8,10-11,14,17H,7,9,12-13H2,1-4H3,(H,22,23,27)/t14-,17+/m0/s1. The van der Waals surface area contributed by atoms with Gasteiger partial charge in [-0.1, -0.05) is 6.07 Å². The molecule has 0 saturated carbocycles. The second kappa shape index (κ2) is 8.52. The highest BCUT2D eigenvalue weighted by Crippen LogP contribution is 2.22. The summed E-state index contributed by atoms with van der Waals surface area (Å²) in [4.78, 5) is 41.9. The van der Waals surface area contributed by atoms with Crippen LogP contribution in [0.1, 0.15) is 30.5 Å². The van der Waals surface area contributed by atoms with Crippen LogP contribution in [0.3, 0.4) is 0 Å². The van der Waals surface area contributed by atoms with Crippen molar-refractivity contribution in [3.63, 3.8) is 0 Å². The molecule has 28 heavy (non-hydrogen) atoms. The van der Waals surface area contributed by atoms with Crippen molar-refractivity contribution in [3.8, 4) is 0 Å². The predicted molar refractivity (Wildman–Crippen MR) is 108 cm³/mol. The van der Waals surface area contributed by atoms with Gasteiger partial charge in [-0.25, -0.2) is 4.98 Å². The third-order valence-electron chi connectivity index (χ3n) is 5.27. The van der Waals surface area contributed by atoms with Gasteiger partial charge in [0.1, 0.15) is 0 Å². The average molecular weight is 384 g/mol. The molecule has 1 N–H and O–H groups in total. The number of nitrogens with zero attached hydrogens (tertiary/aromatic N) is 5. The number of hydrogen-bond donors (Lipinski definition) is 1. The van der Waals surface area contributed by atoms with Crippen molar-refractivity contribution in [3.05, 3.63) is 52.2 Å². The van der Waals surface area contributed by atoms with Crippen molar-refractivity contribution in [1.29, 1.82) is 0 Å². The van der Waals surface area contributed by atoms with Gasteiger partial charge in [0.05, 0.1) is 11.6 Å². The van der Waals surface area contributed by atoms with Gasteiger partial charge in [-0.3, -0.25) is 24.5 Å². The first-order valence-corrected chi connectivity index (χ1v) is 9.51. The maximum Gasteiger partial charge on any atom is 0.252 e. The summed E-state index contributed by atoms with van der Waals surface area (Å²) in [5.74, 6) is 0.479. The summed E-state index contributed by atoms with van der Waals surface area (Å²) in [7, 11) is 5.70. The molecule has 1 saturated heterocycles. The lowest BCUT2D eigenvalue weighted by molar-refractivity contribution is -0.131. The Morgan fingerprint density at radius 3 is 2.86 bits per heavy atom. The molecule has 2 aromatic rings. The Hall–Kier alpha value is -2.74. The predicted octanol–water partition coefficient (Wildman–Crippen LogP) is 1.07. The molecule has 3 rings (SSSR count). The normalized spacial score (nSPS) is 17.8. The first-order chi connectivity index (χ1) is 13.3. The minimum Gasteiger partial charge on any atom is -0.348 e. The van der Waals surface area contributed by atoms with E-state index in [-0.39, 0.29) is 23.4 Å². The fraction of sp³-hybridized carbons (Fsp3) is 0.500. The van der Waals surface area contributed by atoms with Crippen LogP contribution in [0, 0.1) is 0 Å². The van der Waals surface area contributed by atoms with Gasteiger partial charge >= 0.3 is 0 Å². The number of likely N-dealkylation sites (N-methyl/N-ethyl adjacent to an activating group) is 1. The van der Waals surface area contributed by atoms with Crippen LogP contribution in [-0.2, 0) is 11.3 Å². The van der Waals surface area contributed by atoms with Gasteiger partial charge in [-0.15, -0.1) is 0 Å². The number of pyridine rings is 1. The lowest BCUT2D eigenvalue weighted by atomic mass is 10.0. The number of aromatic nitrogens is 3. The summed E-state index contributed by atoms with van der Waals surface area (Å²) in [6.07, 6.45) is 4.38.